The highest BCUT2D eigenvalue weighted by Gasteiger charge is 2.19. The second-order valence-electron chi connectivity index (χ2n) is 3.66. The minimum Gasteiger partial charge on any atom is -0.435 e. The zero-order chi connectivity index (χ0) is 10.8. The molecule has 1 aromatic heterocycles. The number of nitrogen functional groups attached to an aromatic ring is 1. The average Bonchev–Trinajstić information content (AvgIpc) is 2.62. The van der Waals surface area contributed by atoms with Gasteiger partial charge in [-0.25, -0.2) is 0 Å². The molecule has 15 heavy (non-hydrogen) atoms. The van der Waals surface area contributed by atoms with Crippen molar-refractivity contribution in [3.8, 4) is 0 Å². The van der Waals surface area contributed by atoms with Crippen molar-refractivity contribution in [3.05, 3.63) is 11.8 Å². The first-order valence-corrected chi connectivity index (χ1v) is 5.04. The Balaban J connectivity index is 2.22. The van der Waals surface area contributed by atoms with E-state index in [1.807, 2.05) is 0 Å². The van der Waals surface area contributed by atoms with E-state index < -0.39 is 0 Å². The lowest BCUT2D eigenvalue weighted by molar-refractivity contribution is 0.0987. The molecular formula is C10H15N3O2. The summed E-state index contributed by atoms with van der Waals surface area (Å²) in [5, 5.41) is 3.24. The van der Waals surface area contributed by atoms with E-state index in [2.05, 4.69) is 10.2 Å². The normalized spacial score (nSPS) is 16.7. The van der Waals surface area contributed by atoms with E-state index in [1.54, 1.807) is 6.07 Å². The second-order valence-corrected chi connectivity index (χ2v) is 3.66. The minimum absolute atomic E-state index is 0.0944. The number of carbonyl (C=O) groups is 1. The monoisotopic (exact) mass is 209 g/mol. The van der Waals surface area contributed by atoms with Crippen molar-refractivity contribution < 1.29 is 9.21 Å². The van der Waals surface area contributed by atoms with Gasteiger partial charge in [-0.1, -0.05) is 0 Å². The Hall–Kier alpha value is -1.49. The molecule has 0 aromatic carbocycles. The number of hydrogen-bond donors (Lipinski definition) is 2. The molecule has 0 atom stereocenters. The Kier molecular flexibility index (Phi) is 2.64. The van der Waals surface area contributed by atoms with Crippen molar-refractivity contribution >= 4 is 17.4 Å². The predicted molar refractivity (Wildman–Crippen MR) is 58.2 cm³/mol. The molecule has 0 radical (unpaired) electrons. The molecule has 3 N–H and O–H groups in total. The van der Waals surface area contributed by atoms with Gasteiger partial charge in [0.2, 0.25) is 5.88 Å². The van der Waals surface area contributed by atoms with Gasteiger partial charge in [-0.2, -0.15) is 0 Å². The molecule has 1 saturated heterocycles. The number of Topliss-reactive ketones (excluding diaryl/α,β-unsaturated/α-hetero) is 1. The summed E-state index contributed by atoms with van der Waals surface area (Å²) in [6.07, 6.45) is 0. The zero-order valence-corrected chi connectivity index (χ0v) is 8.75. The van der Waals surface area contributed by atoms with Gasteiger partial charge in [-0.3, -0.25) is 4.79 Å². The minimum atomic E-state index is -0.0944. The molecule has 0 spiro atoms. The first kappa shape index (κ1) is 10.0. The number of nitrogens with zero attached hydrogens (tertiary/aromatic N) is 1. The maximum Gasteiger partial charge on any atom is 0.219 e. The quantitative estimate of drug-likeness (QED) is 0.693. The fraction of sp³-hybridized carbons (Fsp3) is 0.500. The summed E-state index contributed by atoms with van der Waals surface area (Å²) in [7, 11) is 0. The largest absolute Gasteiger partial charge is 0.435 e. The van der Waals surface area contributed by atoms with Crippen molar-refractivity contribution in [2.45, 2.75) is 6.92 Å². The van der Waals surface area contributed by atoms with Crippen molar-refractivity contribution in [2.24, 2.45) is 0 Å². The van der Waals surface area contributed by atoms with Crippen LogP contribution in [0, 0.1) is 0 Å². The Morgan fingerprint density at radius 1 is 1.53 bits per heavy atom. The third kappa shape index (κ3) is 1.97. The molecule has 0 bridgehead atoms. The van der Waals surface area contributed by atoms with Crippen molar-refractivity contribution in [2.75, 3.05) is 36.8 Å². The van der Waals surface area contributed by atoms with Gasteiger partial charge in [0.15, 0.2) is 11.5 Å². The van der Waals surface area contributed by atoms with E-state index >= 15 is 0 Å². The summed E-state index contributed by atoms with van der Waals surface area (Å²) in [6.45, 7) is 5.01. The van der Waals surface area contributed by atoms with Crippen LogP contribution in [0.25, 0.3) is 0 Å². The Labute approximate surface area is 88.2 Å². The lowest BCUT2D eigenvalue weighted by atomic mass is 10.3. The Morgan fingerprint density at radius 2 is 2.20 bits per heavy atom. The van der Waals surface area contributed by atoms with Crippen molar-refractivity contribution in [1.29, 1.82) is 0 Å². The van der Waals surface area contributed by atoms with Gasteiger partial charge < -0.3 is 20.4 Å². The van der Waals surface area contributed by atoms with Gasteiger partial charge in [0.1, 0.15) is 0 Å². The Morgan fingerprint density at radius 3 is 2.73 bits per heavy atom. The number of nitrogens with two attached hydrogens (primary N) is 1. The van der Waals surface area contributed by atoms with Crippen LogP contribution < -0.4 is 16.0 Å². The fourth-order valence-corrected chi connectivity index (χ4v) is 1.68. The maximum absolute atomic E-state index is 11.1. The molecular weight excluding hydrogens is 194 g/mol. The van der Waals surface area contributed by atoms with Crippen LogP contribution in [0.3, 0.4) is 0 Å². The highest BCUT2D eigenvalue weighted by atomic mass is 16.4. The maximum atomic E-state index is 11.1. The van der Waals surface area contributed by atoms with Gasteiger partial charge in [0.05, 0.1) is 5.69 Å². The molecule has 0 aliphatic carbocycles. The van der Waals surface area contributed by atoms with Crippen LogP contribution in [-0.2, 0) is 0 Å². The van der Waals surface area contributed by atoms with E-state index in [0.29, 0.717) is 17.3 Å². The van der Waals surface area contributed by atoms with Crippen molar-refractivity contribution in [3.63, 3.8) is 0 Å². The lowest BCUT2D eigenvalue weighted by Gasteiger charge is -2.27. The molecule has 2 rings (SSSR count). The standard InChI is InChI=1S/C10H15N3O2/c1-7(14)9-6-8(11)10(15-9)13-4-2-12-3-5-13/h6,12H,2-5,11H2,1H3. The third-order valence-electron chi connectivity index (χ3n) is 2.49. The number of rotatable bonds is 2. The first-order valence-electron chi connectivity index (χ1n) is 5.04. The smallest absolute Gasteiger partial charge is 0.219 e. The molecule has 5 heteroatoms. The second kappa shape index (κ2) is 3.94. The summed E-state index contributed by atoms with van der Waals surface area (Å²) in [5.74, 6) is 0.866. The first-order chi connectivity index (χ1) is 7.18. The number of piperazine rings is 1. The Bertz CT molecular complexity index is 367. The average molecular weight is 209 g/mol. The topological polar surface area (TPSA) is 71.5 Å². The van der Waals surface area contributed by atoms with Crippen LogP contribution in [0.4, 0.5) is 11.6 Å². The molecule has 0 saturated carbocycles. The van der Waals surface area contributed by atoms with Gasteiger partial charge in [0.25, 0.3) is 0 Å². The van der Waals surface area contributed by atoms with Crippen LogP contribution >= 0.6 is 0 Å². The molecule has 1 fully saturated rings. The van der Waals surface area contributed by atoms with Gasteiger partial charge in [-0.05, 0) is 0 Å². The highest BCUT2D eigenvalue weighted by Crippen LogP contribution is 2.27. The van der Waals surface area contributed by atoms with E-state index in [4.69, 9.17) is 10.2 Å². The summed E-state index contributed by atoms with van der Waals surface area (Å²) in [6, 6.07) is 1.60. The molecule has 0 unspecified atom stereocenters. The van der Waals surface area contributed by atoms with Gasteiger partial charge >= 0.3 is 0 Å². The van der Waals surface area contributed by atoms with Crippen LogP contribution in [-0.4, -0.2) is 32.0 Å². The van der Waals surface area contributed by atoms with Crippen LogP contribution in [0.2, 0.25) is 0 Å². The summed E-state index contributed by atoms with van der Waals surface area (Å²) in [4.78, 5) is 13.2. The number of ketones is 1. The van der Waals surface area contributed by atoms with E-state index in [0.717, 1.165) is 26.2 Å². The third-order valence-corrected chi connectivity index (χ3v) is 2.49. The molecule has 0 amide bonds. The zero-order valence-electron chi connectivity index (χ0n) is 8.75. The molecule has 1 aromatic rings. The van der Waals surface area contributed by atoms with Crippen LogP contribution in [0.1, 0.15) is 17.5 Å². The van der Waals surface area contributed by atoms with E-state index in [9.17, 15) is 4.79 Å². The summed E-state index contributed by atoms with van der Waals surface area (Å²) < 4.78 is 5.44. The summed E-state index contributed by atoms with van der Waals surface area (Å²) in [5.41, 5.74) is 6.35. The summed E-state index contributed by atoms with van der Waals surface area (Å²) >= 11 is 0. The highest BCUT2D eigenvalue weighted by molar-refractivity contribution is 5.93. The number of hydrogen-bond acceptors (Lipinski definition) is 5. The predicted octanol–water partition coefficient (Wildman–Crippen LogP) is 0.474. The number of carbonyl (C=O) groups excluding carboxylic acids is 1. The molecule has 2 heterocycles. The lowest BCUT2D eigenvalue weighted by Crippen LogP contribution is -2.43. The molecule has 1 aliphatic rings. The molecule has 5 nitrogen and oxygen atoms in total. The van der Waals surface area contributed by atoms with Gasteiger partial charge in [0, 0.05) is 39.2 Å². The van der Waals surface area contributed by atoms with Crippen molar-refractivity contribution in [1.82, 2.24) is 5.32 Å². The van der Waals surface area contributed by atoms with Gasteiger partial charge in [-0.15, -0.1) is 0 Å². The number of furan rings is 1. The van der Waals surface area contributed by atoms with Crippen LogP contribution in [0.5, 0.6) is 0 Å². The van der Waals surface area contributed by atoms with E-state index in [1.165, 1.54) is 6.92 Å². The van der Waals surface area contributed by atoms with E-state index in [-0.39, 0.29) is 5.78 Å². The SMILES string of the molecule is CC(=O)c1cc(N)c(N2CCNCC2)o1. The fourth-order valence-electron chi connectivity index (χ4n) is 1.68. The molecule has 1 aliphatic heterocycles. The van der Waals surface area contributed by atoms with Crippen LogP contribution in [0.15, 0.2) is 10.5 Å². The number of anilines is 2. The molecule has 82 valence electrons. The number of nitrogens with one attached hydrogen (secondary N) is 1.